The van der Waals surface area contributed by atoms with Crippen LogP contribution in [0.15, 0.2) is 24.4 Å². The maximum atomic E-state index is 13.5. The number of pyridine rings is 2. The average Bonchev–Trinajstić information content (AvgIpc) is 3.09. The first kappa shape index (κ1) is 24.5. The lowest BCUT2D eigenvalue weighted by Gasteiger charge is -2.15. The number of hydrogen-bond donors (Lipinski definition) is 1. The first-order valence-corrected chi connectivity index (χ1v) is 12.1. The van der Waals surface area contributed by atoms with Gasteiger partial charge in [0, 0.05) is 12.6 Å². The standard InChI is InChI=1S/C20H22ClFN6O4S/c1-5-14-15(26-33(4,30)31)6-7-16(24-14)19-17(28(3)27-25-19)9-18(29)32-11(2)13-8-12(22)10-23-20(13)21/h6-8,10-11,26H,5,9H2,1-4H3/t11-/m1/s1. The zero-order valence-electron chi connectivity index (χ0n) is 18.3. The second-order valence-corrected chi connectivity index (χ2v) is 9.38. The lowest BCUT2D eigenvalue weighted by molar-refractivity contribution is -0.147. The molecule has 0 bridgehead atoms. The topological polar surface area (TPSA) is 129 Å². The third-order valence-electron chi connectivity index (χ3n) is 4.68. The van der Waals surface area contributed by atoms with E-state index >= 15 is 0 Å². The molecule has 0 unspecified atom stereocenters. The van der Waals surface area contributed by atoms with E-state index in [4.69, 9.17) is 16.3 Å². The molecule has 3 aromatic rings. The highest BCUT2D eigenvalue weighted by molar-refractivity contribution is 7.92. The molecule has 0 aliphatic rings. The SMILES string of the molecule is CCc1nc(-c2nnn(C)c2CC(=O)O[C@H](C)c2cc(F)cnc2Cl)ccc1NS(C)(=O)=O. The van der Waals surface area contributed by atoms with Crippen molar-refractivity contribution < 1.29 is 22.3 Å². The van der Waals surface area contributed by atoms with E-state index in [1.807, 2.05) is 6.92 Å². The van der Waals surface area contributed by atoms with Crippen LogP contribution in [-0.2, 0) is 39.4 Å². The number of anilines is 1. The molecule has 0 amide bonds. The van der Waals surface area contributed by atoms with Crippen molar-refractivity contribution in [1.29, 1.82) is 0 Å². The van der Waals surface area contributed by atoms with Crippen molar-refractivity contribution in [3.8, 4) is 11.4 Å². The first-order chi connectivity index (χ1) is 15.5. The molecule has 3 rings (SSSR count). The van der Waals surface area contributed by atoms with E-state index in [2.05, 4.69) is 25.0 Å². The molecule has 0 aliphatic heterocycles. The van der Waals surface area contributed by atoms with Gasteiger partial charge in [-0.05, 0) is 31.5 Å². The van der Waals surface area contributed by atoms with Crippen LogP contribution in [0.4, 0.5) is 10.1 Å². The van der Waals surface area contributed by atoms with Crippen molar-refractivity contribution in [2.24, 2.45) is 7.05 Å². The molecule has 3 heterocycles. The first-order valence-electron chi connectivity index (χ1n) is 9.85. The number of carbonyl (C=O) groups excluding carboxylic acids is 1. The van der Waals surface area contributed by atoms with Crippen LogP contribution in [-0.4, -0.2) is 45.6 Å². The molecular weight excluding hydrogens is 475 g/mol. The summed E-state index contributed by atoms with van der Waals surface area (Å²) in [7, 11) is -1.85. The van der Waals surface area contributed by atoms with E-state index < -0.39 is 27.9 Å². The second-order valence-electron chi connectivity index (χ2n) is 7.27. The molecule has 1 N–H and O–H groups in total. The number of carbonyl (C=O) groups is 1. The van der Waals surface area contributed by atoms with Crippen molar-refractivity contribution in [2.75, 3.05) is 11.0 Å². The second kappa shape index (κ2) is 9.79. The molecule has 0 aromatic carbocycles. The van der Waals surface area contributed by atoms with Gasteiger partial charge in [-0.1, -0.05) is 23.7 Å². The van der Waals surface area contributed by atoms with E-state index in [1.165, 1.54) is 4.68 Å². The molecule has 0 radical (unpaired) electrons. The van der Waals surface area contributed by atoms with Crippen LogP contribution in [0, 0.1) is 5.82 Å². The van der Waals surface area contributed by atoms with E-state index in [0.29, 0.717) is 34.9 Å². The van der Waals surface area contributed by atoms with Gasteiger partial charge in [0.15, 0.2) is 0 Å². The predicted octanol–water partition coefficient (Wildman–Crippen LogP) is 2.85. The lowest BCUT2D eigenvalue weighted by Crippen LogP contribution is -2.15. The predicted molar refractivity (Wildman–Crippen MR) is 119 cm³/mol. The van der Waals surface area contributed by atoms with Crippen molar-refractivity contribution in [2.45, 2.75) is 32.8 Å². The van der Waals surface area contributed by atoms with Crippen LogP contribution >= 0.6 is 11.6 Å². The fraction of sp³-hybridized carbons (Fsp3) is 0.350. The molecule has 33 heavy (non-hydrogen) atoms. The van der Waals surface area contributed by atoms with E-state index in [9.17, 15) is 17.6 Å². The van der Waals surface area contributed by atoms with Gasteiger partial charge in [-0.15, -0.1) is 5.10 Å². The number of hydrogen-bond acceptors (Lipinski definition) is 8. The van der Waals surface area contributed by atoms with Crippen LogP contribution < -0.4 is 4.72 Å². The summed E-state index contributed by atoms with van der Waals surface area (Å²) in [4.78, 5) is 20.8. The fourth-order valence-corrected chi connectivity index (χ4v) is 3.97. The normalized spacial score (nSPS) is 12.4. The Hall–Kier alpha value is -3.12. The van der Waals surface area contributed by atoms with Gasteiger partial charge in [-0.2, -0.15) is 0 Å². The molecule has 10 nitrogen and oxygen atoms in total. The Balaban J connectivity index is 1.84. The van der Waals surface area contributed by atoms with Crippen LogP contribution in [0.25, 0.3) is 11.4 Å². The number of rotatable bonds is 8. The van der Waals surface area contributed by atoms with Crippen molar-refractivity contribution >= 4 is 33.3 Å². The maximum absolute atomic E-state index is 13.5. The highest BCUT2D eigenvalue weighted by Gasteiger charge is 2.22. The van der Waals surface area contributed by atoms with Crippen molar-refractivity contribution in [3.05, 3.63) is 52.3 Å². The molecule has 0 saturated heterocycles. The van der Waals surface area contributed by atoms with E-state index in [0.717, 1.165) is 18.5 Å². The number of esters is 1. The Morgan fingerprint density at radius 3 is 2.76 bits per heavy atom. The summed E-state index contributed by atoms with van der Waals surface area (Å²) in [5, 5.41) is 8.12. The van der Waals surface area contributed by atoms with Gasteiger partial charge in [-0.3, -0.25) is 14.2 Å². The summed E-state index contributed by atoms with van der Waals surface area (Å²) in [6.07, 6.45) is 1.48. The lowest BCUT2D eigenvalue weighted by atomic mass is 10.1. The Labute approximate surface area is 195 Å². The third-order valence-corrected chi connectivity index (χ3v) is 5.59. The fourth-order valence-electron chi connectivity index (χ4n) is 3.13. The van der Waals surface area contributed by atoms with Gasteiger partial charge in [0.2, 0.25) is 10.0 Å². The zero-order valence-corrected chi connectivity index (χ0v) is 19.9. The summed E-state index contributed by atoms with van der Waals surface area (Å²) in [6.45, 7) is 3.40. The van der Waals surface area contributed by atoms with Gasteiger partial charge in [0.25, 0.3) is 0 Å². The molecule has 0 spiro atoms. The molecule has 13 heteroatoms. The highest BCUT2D eigenvalue weighted by atomic mass is 35.5. The van der Waals surface area contributed by atoms with E-state index in [1.54, 1.807) is 26.1 Å². The number of nitrogens with zero attached hydrogens (tertiary/aromatic N) is 5. The number of ether oxygens (including phenoxy) is 1. The third kappa shape index (κ3) is 6.02. The van der Waals surface area contributed by atoms with Gasteiger partial charge in [-0.25, -0.2) is 22.8 Å². The largest absolute Gasteiger partial charge is 0.457 e. The van der Waals surface area contributed by atoms with Crippen LogP contribution in [0.3, 0.4) is 0 Å². The smallest absolute Gasteiger partial charge is 0.312 e. The number of nitrogens with one attached hydrogen (secondary N) is 1. The minimum Gasteiger partial charge on any atom is -0.457 e. The summed E-state index contributed by atoms with van der Waals surface area (Å²) in [6, 6.07) is 4.33. The number of halogens is 2. The van der Waals surface area contributed by atoms with Crippen LogP contribution in [0.1, 0.15) is 36.9 Å². The van der Waals surface area contributed by atoms with Gasteiger partial charge >= 0.3 is 5.97 Å². The Kier molecular flexibility index (Phi) is 7.28. The van der Waals surface area contributed by atoms with Crippen LogP contribution in [0.2, 0.25) is 5.15 Å². The van der Waals surface area contributed by atoms with Crippen LogP contribution in [0.5, 0.6) is 0 Å². The van der Waals surface area contributed by atoms with Crippen molar-refractivity contribution in [3.63, 3.8) is 0 Å². The van der Waals surface area contributed by atoms with Crippen molar-refractivity contribution in [1.82, 2.24) is 25.0 Å². The van der Waals surface area contributed by atoms with Gasteiger partial charge in [0.05, 0.1) is 41.6 Å². The quantitative estimate of drug-likeness (QED) is 0.372. The molecular formula is C20H22ClFN6O4S. The zero-order chi connectivity index (χ0) is 24.3. The minimum atomic E-state index is -3.47. The minimum absolute atomic E-state index is 0.0404. The summed E-state index contributed by atoms with van der Waals surface area (Å²) in [5.74, 6) is -1.21. The Bertz CT molecular complexity index is 1300. The van der Waals surface area contributed by atoms with E-state index in [-0.39, 0.29) is 17.1 Å². The summed E-state index contributed by atoms with van der Waals surface area (Å²) in [5.41, 5.74) is 2.34. The molecule has 1 atom stereocenters. The molecule has 176 valence electrons. The Morgan fingerprint density at radius 2 is 2.09 bits per heavy atom. The Morgan fingerprint density at radius 1 is 1.36 bits per heavy atom. The summed E-state index contributed by atoms with van der Waals surface area (Å²) >= 11 is 5.98. The molecule has 0 saturated carbocycles. The maximum Gasteiger partial charge on any atom is 0.312 e. The summed E-state index contributed by atoms with van der Waals surface area (Å²) < 4.78 is 45.9. The molecule has 3 aromatic heterocycles. The highest BCUT2D eigenvalue weighted by Crippen LogP contribution is 2.27. The number of aromatic nitrogens is 5. The monoisotopic (exact) mass is 496 g/mol. The number of sulfonamides is 1. The number of aryl methyl sites for hydroxylation is 2. The average molecular weight is 497 g/mol. The molecule has 0 fully saturated rings. The van der Waals surface area contributed by atoms with Gasteiger partial charge in [0.1, 0.15) is 22.8 Å². The van der Waals surface area contributed by atoms with Gasteiger partial charge < -0.3 is 4.74 Å². The molecule has 0 aliphatic carbocycles.